The number of amides is 1. The number of piperidine rings is 1. The molecule has 0 saturated carbocycles. The Balaban J connectivity index is 1.85. The number of carbonyl (C=O) groups excluding carboxylic acids is 1. The van der Waals surface area contributed by atoms with Gasteiger partial charge in [0.25, 0.3) is 0 Å². The fourth-order valence-electron chi connectivity index (χ4n) is 2.79. The first-order valence-corrected chi connectivity index (χ1v) is 6.51. The Labute approximate surface area is 107 Å². The van der Waals surface area contributed by atoms with Crippen LogP contribution in [0.15, 0.2) is 0 Å². The van der Waals surface area contributed by atoms with Gasteiger partial charge in [-0.2, -0.15) is 0 Å². The highest BCUT2D eigenvalue weighted by Gasteiger charge is 2.32. The van der Waals surface area contributed by atoms with Gasteiger partial charge in [0.05, 0.1) is 5.92 Å². The molecule has 2 rings (SSSR count). The first-order valence-electron chi connectivity index (χ1n) is 6.51. The van der Waals surface area contributed by atoms with E-state index in [4.69, 9.17) is 5.11 Å². The van der Waals surface area contributed by atoms with Gasteiger partial charge in [-0.1, -0.05) is 0 Å². The van der Waals surface area contributed by atoms with Crippen molar-refractivity contribution in [1.29, 1.82) is 0 Å². The topological polar surface area (TPSA) is 72.9 Å². The van der Waals surface area contributed by atoms with Crippen molar-refractivity contribution in [2.45, 2.75) is 19.4 Å². The van der Waals surface area contributed by atoms with E-state index in [1.54, 1.807) is 6.92 Å². The van der Waals surface area contributed by atoms with Gasteiger partial charge in [-0.15, -0.1) is 0 Å². The normalized spacial score (nSPS) is 30.2. The van der Waals surface area contributed by atoms with Crippen LogP contribution in [0.1, 0.15) is 13.3 Å². The minimum atomic E-state index is -0.713. The molecule has 6 heteroatoms. The lowest BCUT2D eigenvalue weighted by molar-refractivity contribution is -0.143. The Morgan fingerprint density at radius 1 is 1.17 bits per heavy atom. The second kappa shape index (κ2) is 5.67. The molecule has 2 atom stereocenters. The average Bonchev–Trinajstić information content (AvgIpc) is 2.39. The lowest BCUT2D eigenvalue weighted by atomic mass is 9.94. The third kappa shape index (κ3) is 3.00. The monoisotopic (exact) mass is 255 g/mol. The molecule has 0 unspecified atom stereocenters. The van der Waals surface area contributed by atoms with Crippen molar-refractivity contribution in [1.82, 2.24) is 15.1 Å². The summed E-state index contributed by atoms with van der Waals surface area (Å²) in [6.07, 6.45) is 0.711. The summed E-state index contributed by atoms with van der Waals surface area (Å²) >= 11 is 0. The number of rotatable bonds is 2. The molecule has 2 heterocycles. The second-order valence-corrected chi connectivity index (χ2v) is 5.12. The molecular formula is C12H21N3O3. The van der Waals surface area contributed by atoms with E-state index in [1.165, 1.54) is 0 Å². The maximum atomic E-state index is 11.2. The summed E-state index contributed by atoms with van der Waals surface area (Å²) in [5.41, 5.74) is 0. The zero-order valence-corrected chi connectivity index (χ0v) is 10.8. The van der Waals surface area contributed by atoms with Crippen LogP contribution in [-0.2, 0) is 9.59 Å². The summed E-state index contributed by atoms with van der Waals surface area (Å²) in [6.45, 7) is 6.21. The number of hydrogen-bond donors (Lipinski definition) is 2. The highest BCUT2D eigenvalue weighted by Crippen LogP contribution is 2.17. The van der Waals surface area contributed by atoms with Crippen LogP contribution in [0.4, 0.5) is 0 Å². The van der Waals surface area contributed by atoms with Gasteiger partial charge in [-0.25, -0.2) is 0 Å². The van der Waals surface area contributed by atoms with Crippen LogP contribution < -0.4 is 5.32 Å². The van der Waals surface area contributed by atoms with Gasteiger partial charge in [0, 0.05) is 52.2 Å². The summed E-state index contributed by atoms with van der Waals surface area (Å²) in [4.78, 5) is 26.4. The van der Waals surface area contributed by atoms with Gasteiger partial charge in [-0.3, -0.25) is 14.5 Å². The number of carboxylic acids is 1. The molecule has 0 aromatic carbocycles. The second-order valence-electron chi connectivity index (χ2n) is 5.12. The minimum Gasteiger partial charge on any atom is -0.481 e. The van der Waals surface area contributed by atoms with Crippen LogP contribution in [-0.4, -0.2) is 72.1 Å². The lowest BCUT2D eigenvalue weighted by Crippen LogP contribution is -2.57. The first kappa shape index (κ1) is 13.3. The van der Waals surface area contributed by atoms with Crippen LogP contribution in [0.2, 0.25) is 0 Å². The van der Waals surface area contributed by atoms with E-state index < -0.39 is 5.97 Å². The molecular weight excluding hydrogens is 234 g/mol. The highest BCUT2D eigenvalue weighted by molar-refractivity contribution is 5.73. The Morgan fingerprint density at radius 2 is 1.83 bits per heavy atom. The summed E-state index contributed by atoms with van der Waals surface area (Å²) in [7, 11) is 0. The molecule has 18 heavy (non-hydrogen) atoms. The lowest BCUT2D eigenvalue weighted by Gasteiger charge is -2.41. The Kier molecular flexibility index (Phi) is 4.19. The standard InChI is InChI=1S/C12H21N3O3/c1-9(16)14-2-4-15(5-3-14)11-6-10(12(17)18)7-13-8-11/h10-11,13H,2-8H2,1H3,(H,17,18)/t10-,11-/m1/s1. The third-order valence-electron chi connectivity index (χ3n) is 3.95. The van der Waals surface area contributed by atoms with Gasteiger partial charge in [0.2, 0.25) is 5.91 Å². The minimum absolute atomic E-state index is 0.125. The third-order valence-corrected chi connectivity index (χ3v) is 3.95. The van der Waals surface area contributed by atoms with Crippen LogP contribution in [0.3, 0.4) is 0 Å². The Hall–Kier alpha value is -1.14. The fourth-order valence-corrected chi connectivity index (χ4v) is 2.79. The van der Waals surface area contributed by atoms with Crippen molar-refractivity contribution in [2.75, 3.05) is 39.3 Å². The quantitative estimate of drug-likeness (QED) is 0.677. The van der Waals surface area contributed by atoms with E-state index in [0.717, 1.165) is 32.7 Å². The molecule has 0 radical (unpaired) electrons. The van der Waals surface area contributed by atoms with Gasteiger partial charge in [0.1, 0.15) is 0 Å². The zero-order valence-electron chi connectivity index (χ0n) is 10.8. The van der Waals surface area contributed by atoms with Crippen LogP contribution >= 0.6 is 0 Å². The summed E-state index contributed by atoms with van der Waals surface area (Å²) in [5.74, 6) is -0.871. The predicted molar refractivity (Wildman–Crippen MR) is 66.2 cm³/mol. The van der Waals surface area contributed by atoms with Crippen LogP contribution in [0.5, 0.6) is 0 Å². The van der Waals surface area contributed by atoms with E-state index in [1.807, 2.05) is 4.90 Å². The number of carboxylic acid groups (broad SMARTS) is 1. The molecule has 0 spiro atoms. The molecule has 2 aliphatic heterocycles. The zero-order chi connectivity index (χ0) is 13.1. The van der Waals surface area contributed by atoms with Gasteiger partial charge >= 0.3 is 5.97 Å². The summed E-state index contributed by atoms with van der Waals surface area (Å²) in [6, 6.07) is 0.286. The van der Waals surface area contributed by atoms with E-state index >= 15 is 0 Å². The van der Waals surface area contributed by atoms with Crippen molar-refractivity contribution >= 4 is 11.9 Å². The fraction of sp³-hybridized carbons (Fsp3) is 0.833. The number of aliphatic carboxylic acids is 1. The molecule has 0 bridgehead atoms. The van der Waals surface area contributed by atoms with Crippen molar-refractivity contribution in [3.8, 4) is 0 Å². The number of hydrogen-bond acceptors (Lipinski definition) is 4. The largest absolute Gasteiger partial charge is 0.481 e. The summed E-state index contributed by atoms with van der Waals surface area (Å²) in [5, 5.41) is 12.3. The number of piperazine rings is 1. The van der Waals surface area contributed by atoms with Crippen molar-refractivity contribution in [3.63, 3.8) is 0 Å². The molecule has 2 N–H and O–H groups in total. The van der Waals surface area contributed by atoms with Crippen LogP contribution in [0.25, 0.3) is 0 Å². The maximum Gasteiger partial charge on any atom is 0.307 e. The average molecular weight is 255 g/mol. The van der Waals surface area contributed by atoms with E-state index in [0.29, 0.717) is 13.0 Å². The number of carbonyl (C=O) groups is 2. The molecule has 0 aromatic heterocycles. The molecule has 0 aliphatic carbocycles. The number of nitrogens with one attached hydrogen (secondary N) is 1. The van der Waals surface area contributed by atoms with Gasteiger partial charge < -0.3 is 15.3 Å². The van der Waals surface area contributed by atoms with Crippen molar-refractivity contribution in [2.24, 2.45) is 5.92 Å². The number of nitrogens with zero attached hydrogens (tertiary/aromatic N) is 2. The molecule has 0 aromatic rings. The highest BCUT2D eigenvalue weighted by atomic mass is 16.4. The Bertz CT molecular complexity index is 327. The molecule has 6 nitrogen and oxygen atoms in total. The smallest absolute Gasteiger partial charge is 0.307 e. The van der Waals surface area contributed by atoms with Crippen molar-refractivity contribution < 1.29 is 14.7 Å². The molecule has 2 saturated heterocycles. The maximum absolute atomic E-state index is 11.2. The SMILES string of the molecule is CC(=O)N1CCN([C@H]2CNC[C@H](C(=O)O)C2)CC1. The van der Waals surface area contributed by atoms with E-state index in [2.05, 4.69) is 10.2 Å². The Morgan fingerprint density at radius 3 is 2.39 bits per heavy atom. The molecule has 2 aliphatic rings. The van der Waals surface area contributed by atoms with Crippen LogP contribution in [0, 0.1) is 5.92 Å². The molecule has 1 amide bonds. The van der Waals surface area contributed by atoms with Gasteiger partial charge in [-0.05, 0) is 6.42 Å². The van der Waals surface area contributed by atoms with Crippen molar-refractivity contribution in [3.05, 3.63) is 0 Å². The van der Waals surface area contributed by atoms with E-state index in [-0.39, 0.29) is 17.9 Å². The summed E-state index contributed by atoms with van der Waals surface area (Å²) < 4.78 is 0. The molecule has 2 fully saturated rings. The van der Waals surface area contributed by atoms with Gasteiger partial charge in [0.15, 0.2) is 0 Å². The van der Waals surface area contributed by atoms with E-state index in [9.17, 15) is 9.59 Å². The molecule has 102 valence electrons. The first-order chi connectivity index (χ1) is 8.58. The predicted octanol–water partition coefficient (Wildman–Crippen LogP) is -0.787.